The highest BCUT2D eigenvalue weighted by Gasteiger charge is 2.45. The predicted molar refractivity (Wildman–Crippen MR) is 255 cm³/mol. The smallest absolute Gasteiger partial charge is 0.317 e. The SMILES string of the molecule is CNC(=O)N1CCc2c(c(N3CCCc4cc(-c5cnn(CC(=O)NCCOCCOCCOCCNc6ccc7c(c6)C(=O)N(C6CCC(=O)NC6=O)C7=O)c5)c(C(F)F)cc43)nn2C2CCOCC2)C1. The van der Waals surface area contributed by atoms with Gasteiger partial charge in [0.05, 0.1) is 69.6 Å². The lowest BCUT2D eigenvalue weighted by Gasteiger charge is -2.33. The Hall–Kier alpha value is -6.82. The number of aryl methyl sites for hydroxylation is 1. The van der Waals surface area contributed by atoms with Crippen LogP contribution in [0.1, 0.15) is 87.7 Å². The Labute approximate surface area is 413 Å². The number of fused-ring (bicyclic) bond motifs is 3. The van der Waals surface area contributed by atoms with Gasteiger partial charge in [0.2, 0.25) is 17.7 Å². The van der Waals surface area contributed by atoms with Gasteiger partial charge in [-0.15, -0.1) is 0 Å². The van der Waals surface area contributed by atoms with Crippen LogP contribution < -0.4 is 26.2 Å². The van der Waals surface area contributed by atoms with Gasteiger partial charge in [-0.2, -0.15) is 10.2 Å². The zero-order valence-corrected chi connectivity index (χ0v) is 40.1. The Bertz CT molecular complexity index is 2690. The number of halogens is 2. The summed E-state index contributed by atoms with van der Waals surface area (Å²) < 4.78 is 55.9. The summed E-state index contributed by atoms with van der Waals surface area (Å²) in [6, 6.07) is 7.10. The first-order chi connectivity index (χ1) is 35.0. The van der Waals surface area contributed by atoms with E-state index in [2.05, 4.69) is 31.0 Å². The summed E-state index contributed by atoms with van der Waals surface area (Å²) in [5.74, 6) is -1.85. The molecule has 21 nitrogen and oxygen atoms in total. The molecule has 0 radical (unpaired) electrons. The highest BCUT2D eigenvalue weighted by atomic mass is 19.3. The van der Waals surface area contributed by atoms with Crippen LogP contribution in [0.4, 0.5) is 30.8 Å². The van der Waals surface area contributed by atoms with Crippen molar-refractivity contribution in [1.82, 2.24) is 45.3 Å². The van der Waals surface area contributed by atoms with Gasteiger partial charge < -0.3 is 44.7 Å². The van der Waals surface area contributed by atoms with Crippen LogP contribution in [0.2, 0.25) is 0 Å². The molecule has 23 heteroatoms. The molecule has 4 N–H and O–H groups in total. The fourth-order valence-corrected chi connectivity index (χ4v) is 9.95. The molecule has 2 fully saturated rings. The summed E-state index contributed by atoms with van der Waals surface area (Å²) in [6.45, 7) is 5.17. The third-order valence-corrected chi connectivity index (χ3v) is 13.5. The summed E-state index contributed by atoms with van der Waals surface area (Å²) in [7, 11) is 1.61. The van der Waals surface area contributed by atoms with Gasteiger partial charge in [0.1, 0.15) is 12.6 Å². The number of piperidine rings is 1. The number of rotatable bonds is 20. The monoisotopic (exact) mass is 999 g/mol. The Morgan fingerprint density at radius 3 is 2.38 bits per heavy atom. The standard InChI is InChI=1S/C49H59F2N11O10/c1-52-49(68)58-14-8-39-38(28-58)45(57-62(39)33-9-15-69-16-10-33)60-13-2-3-30-23-35(36(44(50)51)25-41(30)60)31-26-55-59(27-31)29-43(64)54-12-18-71-20-22-72-21-19-70-17-11-53-32-4-5-34-37(24-32)48(67)61(47(34)66)40-6-7-42(63)56-46(40)65/h4-5,23-27,33,40,44,53H,2-3,6-22,28-29H2,1H3,(H,52,68)(H,54,64)(H,56,63,65). The second-order valence-corrected chi connectivity index (χ2v) is 18.1. The number of ether oxygens (including phenoxy) is 4. The number of carbonyl (C=O) groups is 6. The van der Waals surface area contributed by atoms with E-state index in [1.54, 1.807) is 36.3 Å². The van der Waals surface area contributed by atoms with Crippen LogP contribution >= 0.6 is 0 Å². The van der Waals surface area contributed by atoms with Crippen molar-refractivity contribution >= 4 is 52.8 Å². The lowest BCUT2D eigenvalue weighted by molar-refractivity contribution is -0.136. The van der Waals surface area contributed by atoms with Crippen LogP contribution in [0.3, 0.4) is 0 Å². The quantitative estimate of drug-likeness (QED) is 0.0734. The number of nitrogens with zero attached hydrogens (tertiary/aromatic N) is 7. The number of benzene rings is 2. The molecular weight excluding hydrogens is 941 g/mol. The molecule has 72 heavy (non-hydrogen) atoms. The molecule has 9 rings (SSSR count). The van der Waals surface area contributed by atoms with Crippen LogP contribution in [-0.4, -0.2) is 157 Å². The summed E-state index contributed by atoms with van der Waals surface area (Å²) >= 11 is 0. The molecule has 7 heterocycles. The second-order valence-electron chi connectivity index (χ2n) is 18.1. The number of hydrogen-bond acceptors (Lipinski definition) is 14. The molecular formula is C49H59F2N11O10. The second kappa shape index (κ2) is 22.7. The van der Waals surface area contributed by atoms with Crippen molar-refractivity contribution in [3.63, 3.8) is 0 Å². The number of nitrogens with one attached hydrogen (secondary N) is 4. The Morgan fingerprint density at radius 1 is 0.875 bits per heavy atom. The number of aromatic nitrogens is 4. The topological polar surface area (TPSA) is 233 Å². The van der Waals surface area contributed by atoms with E-state index in [0.717, 1.165) is 41.0 Å². The third kappa shape index (κ3) is 11.0. The van der Waals surface area contributed by atoms with Crippen LogP contribution in [0, 0.1) is 0 Å². The molecule has 4 aromatic rings. The normalized spacial score (nSPS) is 18.1. The lowest BCUT2D eigenvalue weighted by atomic mass is 9.92. The highest BCUT2D eigenvalue weighted by Crippen LogP contribution is 2.44. The molecule has 0 spiro atoms. The molecule has 384 valence electrons. The molecule has 2 saturated heterocycles. The minimum absolute atomic E-state index is 0.0487. The summed E-state index contributed by atoms with van der Waals surface area (Å²) in [5, 5.41) is 20.4. The number of alkyl halides is 2. The molecule has 0 bridgehead atoms. The van der Waals surface area contributed by atoms with Gasteiger partial charge in [-0.3, -0.25) is 43.6 Å². The molecule has 7 amide bonds. The van der Waals surface area contributed by atoms with Gasteiger partial charge in [-0.05, 0) is 73.6 Å². The minimum Gasteiger partial charge on any atom is -0.383 e. The largest absolute Gasteiger partial charge is 0.383 e. The van der Waals surface area contributed by atoms with Crippen molar-refractivity contribution in [2.24, 2.45) is 0 Å². The Kier molecular flexibility index (Phi) is 15.8. The maximum absolute atomic E-state index is 15.0. The van der Waals surface area contributed by atoms with E-state index in [1.807, 2.05) is 11.0 Å². The van der Waals surface area contributed by atoms with E-state index in [1.165, 1.54) is 16.9 Å². The molecule has 1 unspecified atom stereocenters. The average Bonchev–Trinajstić information content (AvgIpc) is 4.08. The number of hydrogen-bond donors (Lipinski definition) is 4. The van der Waals surface area contributed by atoms with E-state index in [-0.39, 0.29) is 67.2 Å². The first kappa shape index (κ1) is 50.1. The number of imide groups is 2. The molecule has 0 aliphatic carbocycles. The van der Waals surface area contributed by atoms with E-state index in [9.17, 15) is 37.5 Å². The average molecular weight is 1000 g/mol. The van der Waals surface area contributed by atoms with Crippen LogP contribution in [0.25, 0.3) is 11.1 Å². The van der Waals surface area contributed by atoms with Crippen molar-refractivity contribution in [3.8, 4) is 11.1 Å². The number of urea groups is 1. The Balaban J connectivity index is 0.690. The summed E-state index contributed by atoms with van der Waals surface area (Å²) in [6.07, 6.45) is 4.19. The molecule has 2 aromatic carbocycles. The first-order valence-corrected chi connectivity index (χ1v) is 24.5. The van der Waals surface area contributed by atoms with Crippen molar-refractivity contribution in [3.05, 3.63) is 76.2 Å². The van der Waals surface area contributed by atoms with E-state index in [4.69, 9.17) is 24.0 Å². The van der Waals surface area contributed by atoms with Gasteiger partial charge in [0.15, 0.2) is 5.82 Å². The maximum atomic E-state index is 15.0. The molecule has 5 aliphatic heterocycles. The van der Waals surface area contributed by atoms with Gasteiger partial charge in [0.25, 0.3) is 18.2 Å². The van der Waals surface area contributed by atoms with Gasteiger partial charge >= 0.3 is 6.03 Å². The van der Waals surface area contributed by atoms with Crippen LogP contribution in [0.15, 0.2) is 42.7 Å². The van der Waals surface area contributed by atoms with Gasteiger partial charge in [0, 0.05) is 99.2 Å². The summed E-state index contributed by atoms with van der Waals surface area (Å²) in [4.78, 5) is 80.1. The predicted octanol–water partition coefficient (Wildman–Crippen LogP) is 3.50. The fourth-order valence-electron chi connectivity index (χ4n) is 9.95. The Morgan fingerprint density at radius 2 is 1.62 bits per heavy atom. The number of carbonyl (C=O) groups excluding carboxylic acids is 6. The summed E-state index contributed by atoms with van der Waals surface area (Å²) in [5.41, 5.74) is 5.27. The van der Waals surface area contributed by atoms with E-state index in [0.29, 0.717) is 114 Å². The van der Waals surface area contributed by atoms with Gasteiger partial charge in [-0.1, -0.05) is 0 Å². The van der Waals surface area contributed by atoms with Crippen molar-refractivity contribution in [2.45, 2.75) is 76.5 Å². The van der Waals surface area contributed by atoms with Crippen LogP contribution in [-0.2, 0) is 59.3 Å². The third-order valence-electron chi connectivity index (χ3n) is 13.5. The van der Waals surface area contributed by atoms with E-state index >= 15 is 0 Å². The molecule has 5 aliphatic rings. The van der Waals surface area contributed by atoms with Crippen molar-refractivity contribution in [2.75, 3.05) is 96.3 Å². The molecule has 0 saturated carbocycles. The maximum Gasteiger partial charge on any atom is 0.317 e. The minimum atomic E-state index is -2.79. The van der Waals surface area contributed by atoms with Crippen molar-refractivity contribution < 1.29 is 56.5 Å². The number of amides is 7. The van der Waals surface area contributed by atoms with Gasteiger partial charge in [-0.25, -0.2) is 13.6 Å². The van der Waals surface area contributed by atoms with E-state index < -0.39 is 36.1 Å². The van der Waals surface area contributed by atoms with Crippen molar-refractivity contribution in [1.29, 1.82) is 0 Å². The van der Waals surface area contributed by atoms with Crippen LogP contribution in [0.5, 0.6) is 0 Å². The highest BCUT2D eigenvalue weighted by molar-refractivity contribution is 6.23. The zero-order chi connectivity index (χ0) is 50.3. The lowest BCUT2D eigenvalue weighted by Crippen LogP contribution is -2.54. The fraction of sp³-hybridized carbons (Fsp3) is 0.510. The number of anilines is 3. The molecule has 1 atom stereocenters. The zero-order valence-electron chi connectivity index (χ0n) is 40.1. The molecule has 2 aromatic heterocycles. The first-order valence-electron chi connectivity index (χ1n) is 24.5.